The van der Waals surface area contributed by atoms with E-state index in [0.29, 0.717) is 6.54 Å². The van der Waals surface area contributed by atoms with Crippen LogP contribution in [0.3, 0.4) is 0 Å². The second kappa shape index (κ2) is 8.63. The zero-order valence-corrected chi connectivity index (χ0v) is 14.1. The lowest BCUT2D eigenvalue weighted by Gasteiger charge is -2.21. The molecule has 0 unspecified atom stereocenters. The van der Waals surface area contributed by atoms with E-state index in [-0.39, 0.29) is 18.1 Å². The summed E-state index contributed by atoms with van der Waals surface area (Å²) in [6.45, 7) is 7.79. The van der Waals surface area contributed by atoms with Gasteiger partial charge in [-0.2, -0.15) is 0 Å². The molecule has 124 valence electrons. The summed E-state index contributed by atoms with van der Waals surface area (Å²) in [4.78, 5) is 14.0. The minimum atomic E-state index is -0.196. The van der Waals surface area contributed by atoms with Gasteiger partial charge >= 0.3 is 6.03 Å². The standard InChI is InChI=1S/C17H29N3O2/c1-5-20(4)15-9-6-8-14(12-15)19-16(22)18-11-7-10-17(2,3)13-21/h6,8-9,12,21H,5,7,10-11,13H2,1-4H3,(H2,18,19,22). The zero-order chi connectivity index (χ0) is 16.6. The summed E-state index contributed by atoms with van der Waals surface area (Å²) in [5.41, 5.74) is 1.77. The van der Waals surface area contributed by atoms with Crippen LogP contribution >= 0.6 is 0 Å². The van der Waals surface area contributed by atoms with Gasteiger partial charge in [-0.25, -0.2) is 4.79 Å². The molecule has 1 rings (SSSR count). The minimum absolute atomic E-state index is 0.0861. The van der Waals surface area contributed by atoms with Gasteiger partial charge in [0, 0.05) is 38.1 Å². The number of anilines is 2. The largest absolute Gasteiger partial charge is 0.396 e. The Bertz CT molecular complexity index is 475. The number of nitrogens with zero attached hydrogens (tertiary/aromatic N) is 1. The summed E-state index contributed by atoms with van der Waals surface area (Å²) < 4.78 is 0. The molecule has 5 heteroatoms. The molecule has 1 aromatic carbocycles. The molecule has 0 aliphatic rings. The van der Waals surface area contributed by atoms with Crippen LogP contribution in [0, 0.1) is 5.41 Å². The Hall–Kier alpha value is -1.75. The van der Waals surface area contributed by atoms with Gasteiger partial charge in [0.15, 0.2) is 0 Å². The Morgan fingerprint density at radius 3 is 2.73 bits per heavy atom. The van der Waals surface area contributed by atoms with Crippen molar-refractivity contribution in [3.05, 3.63) is 24.3 Å². The van der Waals surface area contributed by atoms with Crippen LogP contribution in [0.1, 0.15) is 33.6 Å². The van der Waals surface area contributed by atoms with Crippen LogP contribution in [0.4, 0.5) is 16.2 Å². The highest BCUT2D eigenvalue weighted by Crippen LogP contribution is 2.20. The van der Waals surface area contributed by atoms with Crippen LogP contribution in [-0.4, -0.2) is 37.9 Å². The molecule has 22 heavy (non-hydrogen) atoms. The third-order valence-electron chi connectivity index (χ3n) is 3.76. The number of nitrogens with one attached hydrogen (secondary N) is 2. The second-order valence-corrected chi connectivity index (χ2v) is 6.37. The van der Waals surface area contributed by atoms with Crippen molar-refractivity contribution in [2.24, 2.45) is 5.41 Å². The summed E-state index contributed by atoms with van der Waals surface area (Å²) >= 11 is 0. The number of aliphatic hydroxyl groups is 1. The highest BCUT2D eigenvalue weighted by Gasteiger charge is 2.15. The molecule has 3 N–H and O–H groups in total. The third kappa shape index (κ3) is 6.35. The van der Waals surface area contributed by atoms with E-state index in [0.717, 1.165) is 30.8 Å². The summed E-state index contributed by atoms with van der Waals surface area (Å²) in [7, 11) is 2.02. The van der Waals surface area contributed by atoms with E-state index >= 15 is 0 Å². The first-order chi connectivity index (χ1) is 10.4. The first kappa shape index (κ1) is 18.3. The summed E-state index contributed by atoms with van der Waals surface area (Å²) in [6.07, 6.45) is 1.72. The molecule has 0 spiro atoms. The Kier molecular flexibility index (Phi) is 7.18. The maximum absolute atomic E-state index is 11.9. The maximum atomic E-state index is 11.9. The smallest absolute Gasteiger partial charge is 0.319 e. The molecule has 0 saturated carbocycles. The molecule has 1 aromatic rings. The molecule has 0 heterocycles. The molecule has 0 fully saturated rings. The van der Waals surface area contributed by atoms with E-state index in [2.05, 4.69) is 22.5 Å². The number of aliphatic hydroxyl groups excluding tert-OH is 1. The van der Waals surface area contributed by atoms with Crippen molar-refractivity contribution in [1.82, 2.24) is 5.32 Å². The average Bonchev–Trinajstić information content (AvgIpc) is 2.51. The molecule has 0 aliphatic heterocycles. The van der Waals surface area contributed by atoms with Gasteiger partial charge in [-0.15, -0.1) is 0 Å². The van der Waals surface area contributed by atoms with Gasteiger partial charge in [0.05, 0.1) is 0 Å². The minimum Gasteiger partial charge on any atom is -0.396 e. The molecule has 0 aromatic heterocycles. The van der Waals surface area contributed by atoms with Gasteiger partial charge in [-0.3, -0.25) is 0 Å². The lowest BCUT2D eigenvalue weighted by Crippen LogP contribution is -2.30. The first-order valence-corrected chi connectivity index (χ1v) is 7.85. The van der Waals surface area contributed by atoms with E-state index in [4.69, 9.17) is 0 Å². The van der Waals surface area contributed by atoms with E-state index in [1.54, 1.807) is 0 Å². The van der Waals surface area contributed by atoms with Crippen molar-refractivity contribution in [3.63, 3.8) is 0 Å². The third-order valence-corrected chi connectivity index (χ3v) is 3.76. The maximum Gasteiger partial charge on any atom is 0.319 e. The fourth-order valence-electron chi connectivity index (χ4n) is 2.03. The van der Waals surface area contributed by atoms with Crippen molar-refractivity contribution < 1.29 is 9.90 Å². The van der Waals surface area contributed by atoms with Crippen molar-refractivity contribution in [1.29, 1.82) is 0 Å². The molecular weight excluding hydrogens is 278 g/mol. The zero-order valence-electron chi connectivity index (χ0n) is 14.1. The summed E-state index contributed by atoms with van der Waals surface area (Å²) in [6, 6.07) is 7.59. The Balaban J connectivity index is 2.39. The number of carbonyl (C=O) groups is 1. The highest BCUT2D eigenvalue weighted by molar-refractivity contribution is 5.89. The molecule has 0 radical (unpaired) electrons. The van der Waals surface area contributed by atoms with Crippen molar-refractivity contribution in [2.75, 3.05) is 37.0 Å². The van der Waals surface area contributed by atoms with Crippen molar-refractivity contribution >= 4 is 17.4 Å². The van der Waals surface area contributed by atoms with E-state index in [1.807, 2.05) is 45.2 Å². The van der Waals surface area contributed by atoms with Crippen LogP contribution < -0.4 is 15.5 Å². The molecule has 5 nitrogen and oxygen atoms in total. The van der Waals surface area contributed by atoms with Crippen molar-refractivity contribution in [2.45, 2.75) is 33.6 Å². The molecule has 0 aliphatic carbocycles. The predicted molar refractivity (Wildman–Crippen MR) is 92.5 cm³/mol. The van der Waals surface area contributed by atoms with Gasteiger partial charge in [0.1, 0.15) is 0 Å². The van der Waals surface area contributed by atoms with Gasteiger partial charge in [-0.05, 0) is 43.4 Å². The lowest BCUT2D eigenvalue weighted by atomic mass is 9.89. The average molecular weight is 307 g/mol. The fourth-order valence-corrected chi connectivity index (χ4v) is 2.03. The van der Waals surface area contributed by atoms with E-state index in [1.165, 1.54) is 0 Å². The number of rotatable bonds is 8. The van der Waals surface area contributed by atoms with E-state index in [9.17, 15) is 9.90 Å². The Labute approximate surface area is 133 Å². The SMILES string of the molecule is CCN(C)c1cccc(NC(=O)NCCCC(C)(C)CO)c1. The van der Waals surface area contributed by atoms with Gasteiger partial charge < -0.3 is 20.6 Å². The van der Waals surface area contributed by atoms with Crippen LogP contribution in [0.25, 0.3) is 0 Å². The number of urea groups is 1. The van der Waals surface area contributed by atoms with E-state index < -0.39 is 0 Å². The summed E-state index contributed by atoms with van der Waals surface area (Å²) in [5, 5.41) is 14.9. The summed E-state index contributed by atoms with van der Waals surface area (Å²) in [5.74, 6) is 0. The van der Waals surface area contributed by atoms with Crippen LogP contribution in [0.15, 0.2) is 24.3 Å². The second-order valence-electron chi connectivity index (χ2n) is 6.37. The molecule has 0 atom stereocenters. The Morgan fingerprint density at radius 2 is 2.09 bits per heavy atom. The fraction of sp³-hybridized carbons (Fsp3) is 0.588. The number of hydrogen-bond acceptors (Lipinski definition) is 3. The quantitative estimate of drug-likeness (QED) is 0.647. The predicted octanol–water partition coefficient (Wildman–Crippen LogP) is 3.06. The molecule has 0 saturated heterocycles. The topological polar surface area (TPSA) is 64.6 Å². The lowest BCUT2D eigenvalue weighted by molar-refractivity contribution is 0.148. The highest BCUT2D eigenvalue weighted by atomic mass is 16.3. The van der Waals surface area contributed by atoms with Crippen molar-refractivity contribution in [3.8, 4) is 0 Å². The number of carbonyl (C=O) groups excluding carboxylic acids is 1. The molecule has 0 bridgehead atoms. The molecule has 2 amide bonds. The van der Waals surface area contributed by atoms with Gasteiger partial charge in [-0.1, -0.05) is 19.9 Å². The molecular formula is C17H29N3O2. The number of benzene rings is 1. The van der Waals surface area contributed by atoms with Crippen LogP contribution in [0.2, 0.25) is 0 Å². The van der Waals surface area contributed by atoms with Gasteiger partial charge in [0.2, 0.25) is 0 Å². The van der Waals surface area contributed by atoms with Gasteiger partial charge in [0.25, 0.3) is 0 Å². The Morgan fingerprint density at radius 1 is 1.36 bits per heavy atom. The van der Waals surface area contributed by atoms with Crippen LogP contribution in [-0.2, 0) is 0 Å². The first-order valence-electron chi connectivity index (χ1n) is 7.85. The normalized spacial score (nSPS) is 11.1. The number of hydrogen-bond donors (Lipinski definition) is 3. The monoisotopic (exact) mass is 307 g/mol. The number of amides is 2. The van der Waals surface area contributed by atoms with Crippen LogP contribution in [0.5, 0.6) is 0 Å².